The fraction of sp³-hybridized carbons (Fsp3) is 0.214. The first kappa shape index (κ1) is 13.1. The number of nitrogens with two attached hydrogens (primary N) is 1. The molecule has 0 amide bonds. The molecule has 0 fully saturated rings. The second kappa shape index (κ2) is 6.54. The van der Waals surface area contributed by atoms with Crippen LogP contribution in [0.5, 0.6) is 0 Å². The van der Waals surface area contributed by atoms with Gasteiger partial charge < -0.3 is 0 Å². The summed E-state index contributed by atoms with van der Waals surface area (Å²) in [6.07, 6.45) is 1.88. The number of benzene rings is 1. The van der Waals surface area contributed by atoms with E-state index in [2.05, 4.69) is 28.6 Å². The molecule has 4 heteroatoms. The molecule has 0 aliphatic heterocycles. The standard InChI is InChI=1S/C14H17N3S/c1-11-7-8-12(9-16-11)14(17-15)10-18-13-5-3-2-4-6-13/h2-9,14,17H,10,15H2,1H3. The lowest BCUT2D eigenvalue weighted by Gasteiger charge is -2.15. The molecule has 0 radical (unpaired) electrons. The van der Waals surface area contributed by atoms with E-state index in [4.69, 9.17) is 5.84 Å². The molecule has 94 valence electrons. The van der Waals surface area contributed by atoms with Crippen LogP contribution in [0.4, 0.5) is 0 Å². The third-order valence-corrected chi connectivity index (χ3v) is 3.80. The minimum atomic E-state index is 0.114. The fourth-order valence-electron chi connectivity index (χ4n) is 1.62. The second-order valence-corrected chi connectivity index (χ2v) is 5.17. The van der Waals surface area contributed by atoms with Gasteiger partial charge in [-0.05, 0) is 30.7 Å². The van der Waals surface area contributed by atoms with Gasteiger partial charge in [0, 0.05) is 22.5 Å². The van der Waals surface area contributed by atoms with E-state index >= 15 is 0 Å². The number of nitrogens with one attached hydrogen (secondary N) is 1. The molecule has 0 saturated heterocycles. The van der Waals surface area contributed by atoms with Crippen LogP contribution >= 0.6 is 11.8 Å². The van der Waals surface area contributed by atoms with Crippen LogP contribution in [-0.4, -0.2) is 10.7 Å². The molecular formula is C14H17N3S. The van der Waals surface area contributed by atoms with E-state index < -0.39 is 0 Å². The minimum absolute atomic E-state index is 0.114. The lowest BCUT2D eigenvalue weighted by Crippen LogP contribution is -2.29. The summed E-state index contributed by atoms with van der Waals surface area (Å²) in [6, 6.07) is 14.5. The molecule has 0 aliphatic rings. The molecule has 2 aromatic rings. The number of hydrogen-bond acceptors (Lipinski definition) is 4. The highest BCUT2D eigenvalue weighted by Gasteiger charge is 2.10. The van der Waals surface area contributed by atoms with E-state index in [9.17, 15) is 0 Å². The molecule has 1 aromatic carbocycles. The monoisotopic (exact) mass is 259 g/mol. The second-order valence-electron chi connectivity index (χ2n) is 4.08. The molecule has 1 unspecified atom stereocenters. The molecule has 0 saturated carbocycles. The Hall–Kier alpha value is -1.36. The molecule has 3 N–H and O–H groups in total. The van der Waals surface area contributed by atoms with Crippen molar-refractivity contribution in [3.8, 4) is 0 Å². The Morgan fingerprint density at radius 3 is 2.61 bits per heavy atom. The van der Waals surface area contributed by atoms with Crippen LogP contribution in [0, 0.1) is 6.92 Å². The largest absolute Gasteiger partial charge is 0.271 e. The molecule has 2 rings (SSSR count). The van der Waals surface area contributed by atoms with Crippen molar-refractivity contribution in [2.45, 2.75) is 17.9 Å². The average Bonchev–Trinajstić information content (AvgIpc) is 2.42. The lowest BCUT2D eigenvalue weighted by molar-refractivity contribution is 0.608. The van der Waals surface area contributed by atoms with Crippen molar-refractivity contribution in [3.63, 3.8) is 0 Å². The van der Waals surface area contributed by atoms with Gasteiger partial charge in [0.25, 0.3) is 0 Å². The SMILES string of the molecule is Cc1ccc(C(CSc2ccccc2)NN)cn1. The van der Waals surface area contributed by atoms with Gasteiger partial charge in [-0.3, -0.25) is 16.3 Å². The number of rotatable bonds is 5. The minimum Gasteiger partial charge on any atom is -0.271 e. The van der Waals surface area contributed by atoms with Gasteiger partial charge in [-0.15, -0.1) is 11.8 Å². The summed E-state index contributed by atoms with van der Waals surface area (Å²) in [5, 5.41) is 0. The maximum atomic E-state index is 5.62. The van der Waals surface area contributed by atoms with Gasteiger partial charge in [-0.1, -0.05) is 24.3 Å². The summed E-state index contributed by atoms with van der Waals surface area (Å²) in [7, 11) is 0. The molecule has 18 heavy (non-hydrogen) atoms. The van der Waals surface area contributed by atoms with E-state index in [1.54, 1.807) is 11.8 Å². The number of hydrazine groups is 1. The number of thioether (sulfide) groups is 1. The van der Waals surface area contributed by atoms with Crippen LogP contribution in [0.3, 0.4) is 0 Å². The van der Waals surface area contributed by atoms with Crippen LogP contribution in [0.1, 0.15) is 17.3 Å². The van der Waals surface area contributed by atoms with Crippen LogP contribution in [0.2, 0.25) is 0 Å². The van der Waals surface area contributed by atoms with Gasteiger partial charge in [0.1, 0.15) is 0 Å². The predicted molar refractivity (Wildman–Crippen MR) is 76.2 cm³/mol. The van der Waals surface area contributed by atoms with Crippen LogP contribution in [-0.2, 0) is 0 Å². The third kappa shape index (κ3) is 3.57. The van der Waals surface area contributed by atoms with Gasteiger partial charge >= 0.3 is 0 Å². The fourth-order valence-corrected chi connectivity index (χ4v) is 2.62. The maximum Gasteiger partial charge on any atom is 0.0569 e. The highest BCUT2D eigenvalue weighted by Crippen LogP contribution is 2.23. The van der Waals surface area contributed by atoms with Gasteiger partial charge in [-0.2, -0.15) is 0 Å². The van der Waals surface area contributed by atoms with Crippen molar-refractivity contribution in [1.82, 2.24) is 10.4 Å². The first-order valence-corrected chi connectivity index (χ1v) is 6.84. The highest BCUT2D eigenvalue weighted by atomic mass is 32.2. The molecule has 0 aliphatic carbocycles. The van der Waals surface area contributed by atoms with Crippen LogP contribution < -0.4 is 11.3 Å². The molecule has 1 atom stereocenters. The summed E-state index contributed by atoms with van der Waals surface area (Å²) >= 11 is 1.78. The van der Waals surface area contributed by atoms with E-state index in [0.717, 1.165) is 17.0 Å². The molecule has 1 heterocycles. The number of aryl methyl sites for hydroxylation is 1. The normalized spacial score (nSPS) is 12.3. The number of aromatic nitrogens is 1. The van der Waals surface area contributed by atoms with Crippen molar-refractivity contribution >= 4 is 11.8 Å². The van der Waals surface area contributed by atoms with Crippen molar-refractivity contribution in [2.24, 2.45) is 5.84 Å². The zero-order chi connectivity index (χ0) is 12.8. The van der Waals surface area contributed by atoms with E-state index in [1.165, 1.54) is 4.90 Å². The van der Waals surface area contributed by atoms with E-state index in [0.29, 0.717) is 0 Å². The van der Waals surface area contributed by atoms with Gasteiger partial charge in [0.05, 0.1) is 6.04 Å². The summed E-state index contributed by atoms with van der Waals surface area (Å²) < 4.78 is 0. The molecular weight excluding hydrogens is 242 g/mol. The lowest BCUT2D eigenvalue weighted by atomic mass is 10.1. The molecule has 3 nitrogen and oxygen atoms in total. The number of nitrogens with zero attached hydrogens (tertiary/aromatic N) is 1. The Kier molecular flexibility index (Phi) is 4.75. The quantitative estimate of drug-likeness (QED) is 0.492. The summed E-state index contributed by atoms with van der Waals surface area (Å²) in [4.78, 5) is 5.55. The number of pyridine rings is 1. The van der Waals surface area contributed by atoms with Gasteiger partial charge in [0.2, 0.25) is 0 Å². The Bertz CT molecular complexity index is 470. The molecule has 1 aromatic heterocycles. The third-order valence-electron chi connectivity index (χ3n) is 2.70. The average molecular weight is 259 g/mol. The number of hydrogen-bond donors (Lipinski definition) is 2. The summed E-state index contributed by atoms with van der Waals surface area (Å²) in [6.45, 7) is 1.98. The highest BCUT2D eigenvalue weighted by molar-refractivity contribution is 7.99. The molecule has 0 spiro atoms. The molecule has 0 bridgehead atoms. The Morgan fingerprint density at radius 1 is 1.22 bits per heavy atom. The predicted octanol–water partition coefficient (Wildman–Crippen LogP) is 2.69. The first-order valence-electron chi connectivity index (χ1n) is 5.86. The Balaban J connectivity index is 1.99. The van der Waals surface area contributed by atoms with Crippen LogP contribution in [0.15, 0.2) is 53.6 Å². The van der Waals surface area contributed by atoms with E-state index in [-0.39, 0.29) is 6.04 Å². The topological polar surface area (TPSA) is 50.9 Å². The summed E-state index contributed by atoms with van der Waals surface area (Å²) in [5.74, 6) is 6.50. The van der Waals surface area contributed by atoms with Crippen molar-refractivity contribution in [1.29, 1.82) is 0 Å². The van der Waals surface area contributed by atoms with Crippen LogP contribution in [0.25, 0.3) is 0 Å². The first-order chi connectivity index (χ1) is 8.79. The van der Waals surface area contributed by atoms with Gasteiger partial charge in [0.15, 0.2) is 0 Å². The summed E-state index contributed by atoms with van der Waals surface area (Å²) in [5.41, 5.74) is 4.98. The maximum absolute atomic E-state index is 5.62. The zero-order valence-corrected chi connectivity index (χ0v) is 11.2. The Morgan fingerprint density at radius 2 is 2.00 bits per heavy atom. The van der Waals surface area contributed by atoms with Gasteiger partial charge in [-0.25, -0.2) is 0 Å². The Labute approximate surface area is 112 Å². The zero-order valence-electron chi connectivity index (χ0n) is 10.3. The van der Waals surface area contributed by atoms with Crippen molar-refractivity contribution in [2.75, 3.05) is 5.75 Å². The smallest absolute Gasteiger partial charge is 0.0569 e. The van der Waals surface area contributed by atoms with Crippen molar-refractivity contribution < 1.29 is 0 Å². The van der Waals surface area contributed by atoms with Crippen molar-refractivity contribution in [3.05, 3.63) is 59.9 Å². The van der Waals surface area contributed by atoms with E-state index in [1.807, 2.05) is 37.4 Å².